The highest BCUT2D eigenvalue weighted by molar-refractivity contribution is 5.85. The molecule has 6 nitrogen and oxygen atoms in total. The number of pyridine rings is 1. The second kappa shape index (κ2) is 8.73. The number of imidazole rings is 1. The zero-order valence-corrected chi connectivity index (χ0v) is 16.0. The van der Waals surface area contributed by atoms with Crippen molar-refractivity contribution in [3.63, 3.8) is 0 Å². The summed E-state index contributed by atoms with van der Waals surface area (Å²) in [6.07, 6.45) is 11.9. The van der Waals surface area contributed by atoms with Crippen molar-refractivity contribution in [2.24, 2.45) is 0 Å². The summed E-state index contributed by atoms with van der Waals surface area (Å²) >= 11 is 0. The number of nitrogens with zero attached hydrogens (tertiary/aromatic N) is 4. The third-order valence-electron chi connectivity index (χ3n) is 5.50. The summed E-state index contributed by atoms with van der Waals surface area (Å²) in [4.78, 5) is 21.6. The Morgan fingerprint density at radius 1 is 1.15 bits per heavy atom. The van der Waals surface area contributed by atoms with Crippen molar-refractivity contribution < 1.29 is 4.79 Å². The van der Waals surface area contributed by atoms with Crippen LogP contribution in [0, 0.1) is 0 Å². The zero-order chi connectivity index (χ0) is 17.1. The molecule has 26 heavy (non-hydrogen) atoms. The van der Waals surface area contributed by atoms with Crippen molar-refractivity contribution in [3.8, 4) is 0 Å². The summed E-state index contributed by atoms with van der Waals surface area (Å²) in [5.41, 5.74) is 1.99. The first-order chi connectivity index (χ1) is 12.3. The fourth-order valence-electron chi connectivity index (χ4n) is 4.06. The van der Waals surface area contributed by atoms with Crippen LogP contribution in [0.1, 0.15) is 37.7 Å². The van der Waals surface area contributed by atoms with Gasteiger partial charge in [-0.1, -0.05) is 6.42 Å². The maximum absolute atomic E-state index is 12.7. The smallest absolute Gasteiger partial charge is 0.317 e. The molecule has 2 aliphatic heterocycles. The quantitative estimate of drug-likeness (QED) is 0.894. The lowest BCUT2D eigenvalue weighted by Gasteiger charge is -2.30. The van der Waals surface area contributed by atoms with Gasteiger partial charge in [-0.2, -0.15) is 0 Å². The lowest BCUT2D eigenvalue weighted by molar-refractivity contribution is 0.165. The molecular formula is C19H28ClN5O. The van der Waals surface area contributed by atoms with Crippen LogP contribution in [0.25, 0.3) is 5.65 Å². The van der Waals surface area contributed by atoms with Gasteiger partial charge in [-0.3, -0.25) is 4.90 Å². The molecule has 2 fully saturated rings. The molecule has 0 bridgehead atoms. The molecule has 2 aliphatic rings. The number of halogens is 1. The van der Waals surface area contributed by atoms with Gasteiger partial charge in [-0.25, -0.2) is 9.78 Å². The average molecular weight is 378 g/mol. The number of rotatable bonds is 3. The second-order valence-corrected chi connectivity index (χ2v) is 7.23. The number of likely N-dealkylation sites (tertiary alicyclic amines) is 2. The molecule has 4 heterocycles. The number of urea groups is 1. The highest BCUT2D eigenvalue weighted by atomic mass is 35.5. The molecule has 0 spiro atoms. The normalized spacial score (nSPS) is 21.4. The molecule has 0 saturated carbocycles. The highest BCUT2D eigenvalue weighted by Crippen LogP contribution is 2.20. The summed E-state index contributed by atoms with van der Waals surface area (Å²) in [6.45, 7) is 4.68. The number of nitrogens with one attached hydrogen (secondary N) is 1. The van der Waals surface area contributed by atoms with Crippen LogP contribution in [0.15, 0.2) is 30.7 Å². The van der Waals surface area contributed by atoms with E-state index in [2.05, 4.69) is 15.2 Å². The maximum Gasteiger partial charge on any atom is 0.317 e. The van der Waals surface area contributed by atoms with Gasteiger partial charge < -0.3 is 14.6 Å². The number of fused-ring (bicyclic) bond motifs is 1. The van der Waals surface area contributed by atoms with Crippen LogP contribution < -0.4 is 5.32 Å². The minimum atomic E-state index is 0. The Labute approximate surface area is 161 Å². The predicted molar refractivity (Wildman–Crippen MR) is 105 cm³/mol. The van der Waals surface area contributed by atoms with Crippen LogP contribution in [-0.2, 0) is 6.54 Å². The van der Waals surface area contributed by atoms with Gasteiger partial charge in [0.25, 0.3) is 0 Å². The summed E-state index contributed by atoms with van der Waals surface area (Å²) < 4.78 is 1.97. The number of amides is 2. The van der Waals surface area contributed by atoms with E-state index >= 15 is 0 Å². The van der Waals surface area contributed by atoms with Crippen LogP contribution in [0.5, 0.6) is 0 Å². The molecular weight excluding hydrogens is 350 g/mol. The number of hydrogen-bond acceptors (Lipinski definition) is 3. The van der Waals surface area contributed by atoms with E-state index in [0.717, 1.165) is 30.7 Å². The first-order valence-electron chi connectivity index (χ1n) is 9.48. The molecule has 1 N–H and O–H groups in total. The van der Waals surface area contributed by atoms with Crippen LogP contribution in [-0.4, -0.2) is 57.4 Å². The Balaban J connectivity index is 0.00000196. The Morgan fingerprint density at radius 2 is 1.96 bits per heavy atom. The van der Waals surface area contributed by atoms with Gasteiger partial charge in [0, 0.05) is 44.3 Å². The van der Waals surface area contributed by atoms with Crippen molar-refractivity contribution in [3.05, 3.63) is 36.3 Å². The minimum Gasteiger partial charge on any atom is -0.334 e. The molecule has 7 heteroatoms. The van der Waals surface area contributed by atoms with Crippen LogP contribution in [0.2, 0.25) is 0 Å². The van der Waals surface area contributed by atoms with Crippen LogP contribution in [0.4, 0.5) is 4.79 Å². The Kier molecular flexibility index (Phi) is 6.38. The van der Waals surface area contributed by atoms with Crippen molar-refractivity contribution in [1.29, 1.82) is 0 Å². The largest absolute Gasteiger partial charge is 0.334 e. The van der Waals surface area contributed by atoms with Gasteiger partial charge in [0.2, 0.25) is 0 Å². The topological polar surface area (TPSA) is 52.9 Å². The summed E-state index contributed by atoms with van der Waals surface area (Å²) in [6, 6.07) is 4.66. The number of aromatic nitrogens is 2. The summed E-state index contributed by atoms with van der Waals surface area (Å²) in [7, 11) is 0. The summed E-state index contributed by atoms with van der Waals surface area (Å²) in [5, 5.41) is 3.10. The molecule has 4 rings (SSSR count). The number of hydrogen-bond donors (Lipinski definition) is 1. The van der Waals surface area contributed by atoms with Crippen molar-refractivity contribution in [2.75, 3.05) is 26.2 Å². The van der Waals surface area contributed by atoms with Crippen LogP contribution in [0.3, 0.4) is 0 Å². The first kappa shape index (κ1) is 19.0. The van der Waals surface area contributed by atoms with E-state index in [-0.39, 0.29) is 18.4 Å². The molecule has 2 saturated heterocycles. The SMILES string of the molecule is Cl.O=C(NCc1ccn2ccnc2c1)N1CCCCC(N2CCCC2)C1. The number of carbonyl (C=O) groups is 1. The van der Waals surface area contributed by atoms with Gasteiger partial charge >= 0.3 is 6.03 Å². The third kappa shape index (κ3) is 4.30. The molecule has 2 amide bonds. The molecule has 1 unspecified atom stereocenters. The monoisotopic (exact) mass is 377 g/mol. The standard InChI is InChI=1S/C19H27N5O.ClH/c25-19(21-14-16-6-11-23-12-7-20-18(23)13-16)24-10-2-1-5-17(15-24)22-8-3-4-9-22;/h6-7,11-13,17H,1-5,8-10,14-15H2,(H,21,25);1H. The average Bonchev–Trinajstić information content (AvgIpc) is 3.27. The van der Waals surface area contributed by atoms with E-state index in [0.29, 0.717) is 12.6 Å². The van der Waals surface area contributed by atoms with Crippen LogP contribution >= 0.6 is 12.4 Å². The van der Waals surface area contributed by atoms with Gasteiger partial charge in [-0.15, -0.1) is 12.4 Å². The van der Waals surface area contributed by atoms with Gasteiger partial charge in [0.15, 0.2) is 0 Å². The highest BCUT2D eigenvalue weighted by Gasteiger charge is 2.27. The molecule has 2 aromatic heterocycles. The molecule has 142 valence electrons. The lowest BCUT2D eigenvalue weighted by atomic mass is 10.1. The van der Waals surface area contributed by atoms with Gasteiger partial charge in [0.05, 0.1) is 0 Å². The molecule has 0 aliphatic carbocycles. The van der Waals surface area contributed by atoms with E-state index < -0.39 is 0 Å². The Morgan fingerprint density at radius 3 is 2.81 bits per heavy atom. The fourth-order valence-corrected chi connectivity index (χ4v) is 4.06. The number of carbonyl (C=O) groups excluding carboxylic acids is 1. The summed E-state index contributed by atoms with van der Waals surface area (Å²) in [5.74, 6) is 0. The first-order valence-corrected chi connectivity index (χ1v) is 9.48. The fraction of sp³-hybridized carbons (Fsp3) is 0.579. The molecule has 0 aromatic carbocycles. The van der Waals surface area contributed by atoms with Gasteiger partial charge in [-0.05, 0) is 56.5 Å². The zero-order valence-electron chi connectivity index (χ0n) is 15.1. The van der Waals surface area contributed by atoms with E-state index in [1.165, 1.54) is 38.8 Å². The minimum absolute atomic E-state index is 0. The predicted octanol–water partition coefficient (Wildman–Crippen LogP) is 2.92. The van der Waals surface area contributed by atoms with Crippen molar-refractivity contribution in [1.82, 2.24) is 24.5 Å². The van der Waals surface area contributed by atoms with Gasteiger partial charge in [0.1, 0.15) is 5.65 Å². The molecule has 0 radical (unpaired) electrons. The van der Waals surface area contributed by atoms with E-state index in [4.69, 9.17) is 0 Å². The molecule has 2 aromatic rings. The maximum atomic E-state index is 12.7. The van der Waals surface area contributed by atoms with E-state index in [1.807, 2.05) is 33.8 Å². The van der Waals surface area contributed by atoms with E-state index in [9.17, 15) is 4.79 Å². The van der Waals surface area contributed by atoms with Crippen molar-refractivity contribution >= 4 is 24.1 Å². The molecule has 1 atom stereocenters. The Bertz CT molecular complexity index is 728. The lowest BCUT2D eigenvalue weighted by Crippen LogP contribution is -2.47. The Hall–Kier alpha value is -1.79. The van der Waals surface area contributed by atoms with Crippen molar-refractivity contribution in [2.45, 2.75) is 44.7 Å². The van der Waals surface area contributed by atoms with E-state index in [1.54, 1.807) is 6.20 Å². The second-order valence-electron chi connectivity index (χ2n) is 7.23. The third-order valence-corrected chi connectivity index (χ3v) is 5.50.